The van der Waals surface area contributed by atoms with Gasteiger partial charge in [0.15, 0.2) is 6.29 Å². The fourth-order valence-corrected chi connectivity index (χ4v) is 1.42. The Bertz CT molecular complexity index is 108. The molecule has 0 amide bonds. The number of rotatable bonds is 2. The van der Waals surface area contributed by atoms with Crippen LogP contribution in [0.25, 0.3) is 0 Å². The van der Waals surface area contributed by atoms with E-state index in [1.54, 1.807) is 0 Å². The SMILES string of the molecule is NCN1CCCC1C(O)O. The Morgan fingerprint density at radius 2 is 2.30 bits per heavy atom. The lowest BCUT2D eigenvalue weighted by molar-refractivity contribution is -0.0898. The Morgan fingerprint density at radius 3 is 2.70 bits per heavy atom. The Hall–Kier alpha value is -0.160. The molecule has 0 aliphatic carbocycles. The highest BCUT2D eigenvalue weighted by molar-refractivity contribution is 4.78. The van der Waals surface area contributed by atoms with E-state index in [2.05, 4.69) is 0 Å². The number of nitrogens with zero attached hydrogens (tertiary/aromatic N) is 1. The first-order chi connectivity index (χ1) is 4.75. The molecule has 1 fully saturated rings. The summed E-state index contributed by atoms with van der Waals surface area (Å²) in [5.41, 5.74) is 5.37. The first kappa shape index (κ1) is 7.94. The molecule has 1 heterocycles. The van der Waals surface area contributed by atoms with Gasteiger partial charge < -0.3 is 15.9 Å². The van der Waals surface area contributed by atoms with Crippen LogP contribution in [-0.2, 0) is 0 Å². The second-order valence-electron chi connectivity index (χ2n) is 2.62. The van der Waals surface area contributed by atoms with Crippen molar-refractivity contribution >= 4 is 0 Å². The lowest BCUT2D eigenvalue weighted by Gasteiger charge is -2.23. The number of hydrogen-bond donors (Lipinski definition) is 3. The van der Waals surface area contributed by atoms with Crippen LogP contribution in [0.2, 0.25) is 0 Å². The molecule has 1 saturated heterocycles. The number of aliphatic hydroxyl groups excluding tert-OH is 1. The van der Waals surface area contributed by atoms with Crippen molar-refractivity contribution in [1.29, 1.82) is 0 Å². The van der Waals surface area contributed by atoms with Crippen molar-refractivity contribution in [3.63, 3.8) is 0 Å². The van der Waals surface area contributed by atoms with Gasteiger partial charge in [-0.3, -0.25) is 4.90 Å². The Kier molecular flexibility index (Phi) is 2.62. The first-order valence-corrected chi connectivity index (χ1v) is 3.56. The molecule has 0 saturated carbocycles. The van der Waals surface area contributed by atoms with Gasteiger partial charge in [0.2, 0.25) is 0 Å². The zero-order chi connectivity index (χ0) is 7.56. The van der Waals surface area contributed by atoms with Gasteiger partial charge in [0.05, 0.1) is 6.04 Å². The molecular weight excluding hydrogens is 132 g/mol. The van der Waals surface area contributed by atoms with Crippen LogP contribution < -0.4 is 5.73 Å². The highest BCUT2D eigenvalue weighted by Gasteiger charge is 2.27. The monoisotopic (exact) mass is 146 g/mol. The van der Waals surface area contributed by atoms with E-state index in [1.807, 2.05) is 4.90 Å². The third-order valence-electron chi connectivity index (χ3n) is 1.99. The van der Waals surface area contributed by atoms with Gasteiger partial charge in [-0.1, -0.05) is 0 Å². The summed E-state index contributed by atoms with van der Waals surface area (Å²) >= 11 is 0. The summed E-state index contributed by atoms with van der Waals surface area (Å²) in [4.78, 5) is 1.88. The van der Waals surface area contributed by atoms with Crippen LogP contribution in [-0.4, -0.2) is 40.7 Å². The number of aliphatic hydroxyl groups is 2. The fraction of sp³-hybridized carbons (Fsp3) is 1.00. The van der Waals surface area contributed by atoms with E-state index in [-0.39, 0.29) is 6.04 Å². The minimum atomic E-state index is -1.23. The second-order valence-corrected chi connectivity index (χ2v) is 2.62. The second kappa shape index (κ2) is 3.30. The van der Waals surface area contributed by atoms with E-state index in [4.69, 9.17) is 15.9 Å². The van der Waals surface area contributed by atoms with E-state index in [0.29, 0.717) is 6.67 Å². The highest BCUT2D eigenvalue weighted by Crippen LogP contribution is 2.17. The first-order valence-electron chi connectivity index (χ1n) is 3.56. The van der Waals surface area contributed by atoms with Crippen LogP contribution in [0.1, 0.15) is 12.8 Å². The molecule has 1 unspecified atom stereocenters. The average molecular weight is 146 g/mol. The van der Waals surface area contributed by atoms with E-state index in [0.717, 1.165) is 19.4 Å². The third kappa shape index (κ3) is 1.46. The van der Waals surface area contributed by atoms with Crippen molar-refractivity contribution in [2.24, 2.45) is 5.73 Å². The minimum Gasteiger partial charge on any atom is -0.367 e. The highest BCUT2D eigenvalue weighted by atomic mass is 16.5. The Balaban J connectivity index is 2.42. The predicted molar refractivity (Wildman–Crippen MR) is 37.0 cm³/mol. The summed E-state index contributed by atoms with van der Waals surface area (Å²) in [6.45, 7) is 1.31. The zero-order valence-electron chi connectivity index (χ0n) is 5.90. The maximum absolute atomic E-state index is 8.81. The molecule has 1 atom stereocenters. The van der Waals surface area contributed by atoms with Crippen molar-refractivity contribution < 1.29 is 10.2 Å². The summed E-state index contributed by atoms with van der Waals surface area (Å²) in [7, 11) is 0. The molecule has 0 aromatic rings. The van der Waals surface area contributed by atoms with Crippen LogP contribution in [0.5, 0.6) is 0 Å². The Labute approximate surface area is 60.2 Å². The molecule has 0 spiro atoms. The van der Waals surface area contributed by atoms with Crippen molar-refractivity contribution in [3.8, 4) is 0 Å². The van der Waals surface area contributed by atoms with Gasteiger partial charge >= 0.3 is 0 Å². The molecule has 1 aliphatic heterocycles. The molecule has 1 rings (SSSR count). The largest absolute Gasteiger partial charge is 0.367 e. The van der Waals surface area contributed by atoms with E-state index < -0.39 is 6.29 Å². The van der Waals surface area contributed by atoms with Gasteiger partial charge in [-0.15, -0.1) is 0 Å². The van der Waals surface area contributed by atoms with Gasteiger partial charge in [0, 0.05) is 6.67 Å². The lowest BCUT2D eigenvalue weighted by atomic mass is 10.2. The van der Waals surface area contributed by atoms with Crippen LogP contribution in [0.3, 0.4) is 0 Å². The standard InChI is InChI=1S/C6H14N2O2/c7-4-8-3-1-2-5(8)6(9)10/h5-6,9-10H,1-4,7H2. The van der Waals surface area contributed by atoms with Gasteiger partial charge in [0.1, 0.15) is 0 Å². The maximum Gasteiger partial charge on any atom is 0.167 e. The zero-order valence-corrected chi connectivity index (χ0v) is 5.90. The van der Waals surface area contributed by atoms with Gasteiger partial charge in [-0.2, -0.15) is 0 Å². The quantitative estimate of drug-likeness (QED) is 0.422. The van der Waals surface area contributed by atoms with Crippen LogP contribution in [0.15, 0.2) is 0 Å². The van der Waals surface area contributed by atoms with Crippen molar-refractivity contribution in [1.82, 2.24) is 4.90 Å². The third-order valence-corrected chi connectivity index (χ3v) is 1.99. The van der Waals surface area contributed by atoms with Crippen LogP contribution >= 0.6 is 0 Å². The minimum absolute atomic E-state index is 0.134. The van der Waals surface area contributed by atoms with Crippen LogP contribution in [0.4, 0.5) is 0 Å². The summed E-state index contributed by atoms with van der Waals surface area (Å²) < 4.78 is 0. The average Bonchev–Trinajstić information content (AvgIpc) is 2.33. The Morgan fingerprint density at radius 1 is 1.60 bits per heavy atom. The number of likely N-dealkylation sites (tertiary alicyclic amines) is 1. The smallest absolute Gasteiger partial charge is 0.167 e. The topological polar surface area (TPSA) is 69.7 Å². The molecule has 0 bridgehead atoms. The summed E-state index contributed by atoms with van der Waals surface area (Å²) in [6, 6.07) is -0.134. The van der Waals surface area contributed by atoms with Crippen molar-refractivity contribution in [2.75, 3.05) is 13.2 Å². The van der Waals surface area contributed by atoms with E-state index in [9.17, 15) is 0 Å². The normalized spacial score (nSPS) is 28.2. The van der Waals surface area contributed by atoms with Gasteiger partial charge in [0.25, 0.3) is 0 Å². The predicted octanol–water partition coefficient (Wildman–Crippen LogP) is -1.32. The molecule has 0 aromatic heterocycles. The molecule has 0 radical (unpaired) electrons. The summed E-state index contributed by atoms with van der Waals surface area (Å²) in [6.07, 6.45) is 0.625. The molecule has 1 aliphatic rings. The van der Waals surface area contributed by atoms with Crippen LogP contribution in [0, 0.1) is 0 Å². The van der Waals surface area contributed by atoms with E-state index in [1.165, 1.54) is 0 Å². The van der Waals surface area contributed by atoms with Crippen molar-refractivity contribution in [2.45, 2.75) is 25.2 Å². The summed E-state index contributed by atoms with van der Waals surface area (Å²) in [5.74, 6) is 0. The lowest BCUT2D eigenvalue weighted by Crippen LogP contribution is -2.41. The van der Waals surface area contributed by atoms with Gasteiger partial charge in [-0.25, -0.2) is 0 Å². The molecule has 0 aromatic carbocycles. The summed E-state index contributed by atoms with van der Waals surface area (Å²) in [5, 5.41) is 17.6. The van der Waals surface area contributed by atoms with Crippen molar-refractivity contribution in [3.05, 3.63) is 0 Å². The molecular formula is C6H14N2O2. The molecule has 10 heavy (non-hydrogen) atoms. The molecule has 4 heteroatoms. The number of nitrogens with two attached hydrogens (primary N) is 1. The number of hydrogen-bond acceptors (Lipinski definition) is 4. The molecule has 4 N–H and O–H groups in total. The van der Waals surface area contributed by atoms with Gasteiger partial charge in [-0.05, 0) is 19.4 Å². The van der Waals surface area contributed by atoms with E-state index >= 15 is 0 Å². The molecule has 60 valence electrons. The fourth-order valence-electron chi connectivity index (χ4n) is 1.42. The molecule has 4 nitrogen and oxygen atoms in total. The maximum atomic E-state index is 8.81.